The van der Waals surface area contributed by atoms with Gasteiger partial charge < -0.3 is 19.5 Å². The van der Waals surface area contributed by atoms with Crippen molar-refractivity contribution in [2.45, 2.75) is 18.7 Å². The Morgan fingerprint density at radius 3 is 2.50 bits per heavy atom. The van der Waals surface area contributed by atoms with Crippen LogP contribution in [-0.2, 0) is 14.8 Å². The number of nitrogens with one attached hydrogen (secondary N) is 1. The van der Waals surface area contributed by atoms with Crippen LogP contribution in [0.2, 0.25) is 0 Å². The van der Waals surface area contributed by atoms with Gasteiger partial charge in [-0.05, 0) is 43.3 Å². The summed E-state index contributed by atoms with van der Waals surface area (Å²) in [5.41, 5.74) is 0.503. The van der Waals surface area contributed by atoms with E-state index in [2.05, 4.69) is 5.32 Å². The molecule has 1 N–H and O–H groups in total. The molecular formula is C19H22N2O6S. The zero-order valence-electron chi connectivity index (χ0n) is 15.7. The van der Waals surface area contributed by atoms with Gasteiger partial charge in [0.05, 0.1) is 18.0 Å². The van der Waals surface area contributed by atoms with Crippen LogP contribution in [0.3, 0.4) is 0 Å². The van der Waals surface area contributed by atoms with Crippen LogP contribution in [-0.4, -0.2) is 45.1 Å². The molecule has 9 heteroatoms. The summed E-state index contributed by atoms with van der Waals surface area (Å²) in [6, 6.07) is 11.1. The minimum atomic E-state index is -3.81. The third kappa shape index (κ3) is 4.37. The average Bonchev–Trinajstić information content (AvgIpc) is 3.14. The fourth-order valence-electron chi connectivity index (χ4n) is 2.73. The number of hydrogen-bond acceptors (Lipinski definition) is 6. The maximum Gasteiger partial charge on any atom is 0.243 e. The lowest BCUT2D eigenvalue weighted by atomic mass is 10.3. The number of carbonyl (C=O) groups excluding carboxylic acids is 1. The Morgan fingerprint density at radius 1 is 1.11 bits per heavy atom. The van der Waals surface area contributed by atoms with Crippen LogP contribution in [0.5, 0.6) is 17.2 Å². The first-order valence-corrected chi connectivity index (χ1v) is 10.3. The zero-order chi connectivity index (χ0) is 20.1. The molecule has 8 nitrogen and oxygen atoms in total. The predicted octanol–water partition coefficient (Wildman–Crippen LogP) is 2.46. The van der Waals surface area contributed by atoms with Crippen LogP contribution in [0.4, 0.5) is 5.69 Å². The quantitative estimate of drug-likeness (QED) is 0.724. The van der Waals surface area contributed by atoms with Crippen molar-refractivity contribution in [3.63, 3.8) is 0 Å². The average molecular weight is 406 g/mol. The van der Waals surface area contributed by atoms with Crippen molar-refractivity contribution in [1.82, 2.24) is 4.31 Å². The van der Waals surface area contributed by atoms with Crippen molar-refractivity contribution in [3.8, 4) is 17.2 Å². The van der Waals surface area contributed by atoms with Crippen LogP contribution < -0.4 is 19.5 Å². The van der Waals surface area contributed by atoms with Gasteiger partial charge in [0.1, 0.15) is 5.75 Å². The Balaban J connectivity index is 1.69. The number of sulfonamides is 1. The van der Waals surface area contributed by atoms with E-state index in [9.17, 15) is 13.2 Å². The first-order chi connectivity index (χ1) is 13.4. The molecule has 0 fully saturated rings. The maximum atomic E-state index is 12.8. The lowest BCUT2D eigenvalue weighted by Crippen LogP contribution is -2.37. The number of likely N-dealkylation sites (N-methyl/N-ethyl adjacent to an activating group) is 1. The number of rotatable bonds is 8. The fourth-order valence-corrected chi connectivity index (χ4v) is 4.13. The van der Waals surface area contributed by atoms with Gasteiger partial charge in [-0.3, -0.25) is 4.79 Å². The van der Waals surface area contributed by atoms with Gasteiger partial charge in [0.25, 0.3) is 0 Å². The van der Waals surface area contributed by atoms with E-state index in [0.717, 1.165) is 4.31 Å². The molecular weight excluding hydrogens is 384 g/mol. The lowest BCUT2D eigenvalue weighted by molar-refractivity contribution is -0.116. The summed E-state index contributed by atoms with van der Waals surface area (Å²) in [5.74, 6) is 1.28. The standard InChI is InChI=1S/C19H22N2O6S/c1-3-21(28(23,24)16-8-6-15(7-9-16)25-4-2)12-19(22)20-14-5-10-17-18(11-14)27-13-26-17/h5-11H,3-4,12-13H2,1-2H3,(H,20,22). The van der Waals surface area contributed by atoms with Gasteiger partial charge in [0, 0.05) is 18.3 Å². The van der Waals surface area contributed by atoms with Gasteiger partial charge in [-0.1, -0.05) is 6.92 Å². The third-order valence-electron chi connectivity index (χ3n) is 4.10. The van der Waals surface area contributed by atoms with E-state index in [4.69, 9.17) is 14.2 Å². The van der Waals surface area contributed by atoms with Gasteiger partial charge in [-0.15, -0.1) is 0 Å². The molecule has 0 aliphatic carbocycles. The Bertz CT molecular complexity index is 943. The van der Waals surface area contributed by atoms with E-state index in [0.29, 0.717) is 29.5 Å². The fraction of sp³-hybridized carbons (Fsp3) is 0.316. The molecule has 150 valence electrons. The van der Waals surface area contributed by atoms with Crippen LogP contribution in [0.1, 0.15) is 13.8 Å². The largest absolute Gasteiger partial charge is 0.494 e. The summed E-state index contributed by atoms with van der Waals surface area (Å²) in [4.78, 5) is 12.5. The molecule has 0 saturated carbocycles. The molecule has 0 atom stereocenters. The van der Waals surface area contributed by atoms with Gasteiger partial charge in [0.2, 0.25) is 22.7 Å². The lowest BCUT2D eigenvalue weighted by Gasteiger charge is -2.20. The molecule has 1 heterocycles. The SMILES string of the molecule is CCOc1ccc(S(=O)(=O)N(CC)CC(=O)Nc2ccc3c(c2)OCO3)cc1. The predicted molar refractivity (Wildman–Crippen MR) is 103 cm³/mol. The topological polar surface area (TPSA) is 94.2 Å². The molecule has 3 rings (SSSR count). The first kappa shape index (κ1) is 20.0. The molecule has 0 saturated heterocycles. The number of nitrogens with zero attached hydrogens (tertiary/aromatic N) is 1. The van der Waals surface area contributed by atoms with Crippen molar-refractivity contribution in [2.75, 3.05) is 31.8 Å². The molecule has 0 spiro atoms. The van der Waals surface area contributed by atoms with Gasteiger partial charge in [0.15, 0.2) is 11.5 Å². The molecule has 0 bridgehead atoms. The molecule has 0 radical (unpaired) electrons. The van der Waals surface area contributed by atoms with Crippen LogP contribution in [0.15, 0.2) is 47.4 Å². The summed E-state index contributed by atoms with van der Waals surface area (Å²) in [7, 11) is -3.81. The Labute approximate surface area is 164 Å². The minimum absolute atomic E-state index is 0.105. The Morgan fingerprint density at radius 2 is 1.82 bits per heavy atom. The van der Waals surface area contributed by atoms with Gasteiger partial charge in [-0.2, -0.15) is 4.31 Å². The van der Waals surface area contributed by atoms with Crippen LogP contribution >= 0.6 is 0 Å². The zero-order valence-corrected chi connectivity index (χ0v) is 16.5. The number of ether oxygens (including phenoxy) is 3. The van der Waals surface area contributed by atoms with Crippen LogP contribution in [0, 0.1) is 0 Å². The molecule has 0 aromatic heterocycles. The van der Waals surface area contributed by atoms with E-state index in [1.54, 1.807) is 37.3 Å². The summed E-state index contributed by atoms with van der Waals surface area (Å²) in [5, 5.41) is 2.69. The molecule has 0 unspecified atom stereocenters. The number of amides is 1. The molecule has 1 aliphatic rings. The normalized spacial score (nSPS) is 12.8. The second-order valence-electron chi connectivity index (χ2n) is 5.95. The van der Waals surface area contributed by atoms with E-state index in [1.807, 2.05) is 6.92 Å². The number of anilines is 1. The van der Waals surface area contributed by atoms with E-state index >= 15 is 0 Å². The van der Waals surface area contributed by atoms with Crippen LogP contribution in [0.25, 0.3) is 0 Å². The van der Waals surface area contributed by atoms with Gasteiger partial charge in [-0.25, -0.2) is 8.42 Å². The molecule has 2 aromatic carbocycles. The highest BCUT2D eigenvalue weighted by Gasteiger charge is 2.25. The van der Waals surface area contributed by atoms with E-state index < -0.39 is 15.9 Å². The summed E-state index contributed by atoms with van der Waals surface area (Å²) < 4.78 is 42.6. The second-order valence-corrected chi connectivity index (χ2v) is 7.89. The third-order valence-corrected chi connectivity index (χ3v) is 6.04. The van der Waals surface area contributed by atoms with E-state index in [-0.39, 0.29) is 24.8 Å². The Hall–Kier alpha value is -2.78. The highest BCUT2D eigenvalue weighted by molar-refractivity contribution is 7.89. The van der Waals surface area contributed by atoms with Crippen molar-refractivity contribution in [3.05, 3.63) is 42.5 Å². The molecule has 2 aromatic rings. The number of hydrogen-bond donors (Lipinski definition) is 1. The van der Waals surface area contributed by atoms with Crippen molar-refractivity contribution in [1.29, 1.82) is 0 Å². The number of benzene rings is 2. The van der Waals surface area contributed by atoms with Gasteiger partial charge >= 0.3 is 0 Å². The first-order valence-electron chi connectivity index (χ1n) is 8.86. The highest BCUT2D eigenvalue weighted by atomic mass is 32.2. The molecule has 1 amide bonds. The molecule has 28 heavy (non-hydrogen) atoms. The van der Waals surface area contributed by atoms with Crippen molar-refractivity contribution in [2.24, 2.45) is 0 Å². The summed E-state index contributed by atoms with van der Waals surface area (Å²) in [6.45, 7) is 4.01. The van der Waals surface area contributed by atoms with E-state index in [1.165, 1.54) is 12.1 Å². The number of carbonyl (C=O) groups is 1. The van der Waals surface area contributed by atoms with Crippen molar-refractivity contribution < 1.29 is 27.4 Å². The summed E-state index contributed by atoms with van der Waals surface area (Å²) in [6.07, 6.45) is 0. The highest BCUT2D eigenvalue weighted by Crippen LogP contribution is 2.34. The van der Waals surface area contributed by atoms with Crippen molar-refractivity contribution >= 4 is 21.6 Å². The number of fused-ring (bicyclic) bond motifs is 1. The smallest absolute Gasteiger partial charge is 0.243 e. The monoisotopic (exact) mass is 406 g/mol. The Kier molecular flexibility index (Phi) is 6.05. The summed E-state index contributed by atoms with van der Waals surface area (Å²) >= 11 is 0. The second kappa shape index (κ2) is 8.49. The maximum absolute atomic E-state index is 12.8. The molecule has 1 aliphatic heterocycles. The minimum Gasteiger partial charge on any atom is -0.494 e.